The molecule has 0 spiro atoms. The topological polar surface area (TPSA) is 164 Å². The predicted octanol–water partition coefficient (Wildman–Crippen LogP) is -1.16. The summed E-state index contributed by atoms with van der Waals surface area (Å²) in [6.07, 6.45) is 1.54. The highest BCUT2D eigenvalue weighted by atomic mass is 32.3. The monoisotopic (exact) mass is 376 g/mol. The van der Waals surface area contributed by atoms with Crippen LogP contribution in [0.1, 0.15) is 30.7 Å². The normalized spacial score (nSPS) is 23.5. The first-order valence-corrected chi connectivity index (χ1v) is 9.25. The van der Waals surface area contributed by atoms with Gasteiger partial charge in [0.05, 0.1) is 6.04 Å². The zero-order valence-electron chi connectivity index (χ0n) is 13.4. The Bertz CT molecular complexity index is 723. The van der Waals surface area contributed by atoms with E-state index in [9.17, 15) is 13.2 Å². The van der Waals surface area contributed by atoms with E-state index in [1.54, 1.807) is 0 Å². The van der Waals surface area contributed by atoms with Gasteiger partial charge in [0, 0.05) is 32.6 Å². The van der Waals surface area contributed by atoms with Gasteiger partial charge in [-0.2, -0.15) is 13.5 Å². The van der Waals surface area contributed by atoms with Crippen LogP contribution in [0.3, 0.4) is 0 Å². The zero-order chi connectivity index (χ0) is 18.0. The summed E-state index contributed by atoms with van der Waals surface area (Å²) in [6, 6.07) is -1.56. The SMILES string of the molecule is NCCNCCc1nnc(C2CCC3CN2C(=O)N3OS(=O)(=O)O)o1. The molecule has 2 aliphatic heterocycles. The van der Waals surface area contributed by atoms with E-state index in [2.05, 4.69) is 19.8 Å². The number of fused-ring (bicyclic) bond motifs is 2. The van der Waals surface area contributed by atoms with Gasteiger partial charge in [0.2, 0.25) is 11.8 Å². The van der Waals surface area contributed by atoms with E-state index in [-0.39, 0.29) is 6.54 Å². The molecule has 2 unspecified atom stereocenters. The van der Waals surface area contributed by atoms with Crippen molar-refractivity contribution >= 4 is 16.4 Å². The third-order valence-corrected chi connectivity index (χ3v) is 4.45. The molecule has 3 rings (SSSR count). The van der Waals surface area contributed by atoms with Crippen LogP contribution >= 0.6 is 0 Å². The van der Waals surface area contributed by atoms with Crippen molar-refractivity contribution in [1.82, 2.24) is 25.5 Å². The summed E-state index contributed by atoms with van der Waals surface area (Å²) in [4.78, 5) is 13.7. The van der Waals surface area contributed by atoms with Crippen molar-refractivity contribution in [2.45, 2.75) is 31.3 Å². The molecule has 2 saturated heterocycles. The summed E-state index contributed by atoms with van der Waals surface area (Å²) in [5, 5.41) is 11.8. The van der Waals surface area contributed by atoms with Gasteiger partial charge in [-0.1, -0.05) is 0 Å². The minimum Gasteiger partial charge on any atom is -0.423 e. The van der Waals surface area contributed by atoms with E-state index >= 15 is 0 Å². The third-order valence-electron chi connectivity index (χ3n) is 4.10. The molecule has 2 atom stereocenters. The third kappa shape index (κ3) is 4.07. The molecule has 13 heteroatoms. The first-order valence-electron chi connectivity index (χ1n) is 7.89. The van der Waals surface area contributed by atoms with Gasteiger partial charge in [-0.3, -0.25) is 4.55 Å². The van der Waals surface area contributed by atoms with Gasteiger partial charge in [-0.15, -0.1) is 14.5 Å². The molecule has 2 amide bonds. The van der Waals surface area contributed by atoms with Crippen molar-refractivity contribution in [3.63, 3.8) is 0 Å². The molecule has 12 nitrogen and oxygen atoms in total. The molecule has 1 aromatic heterocycles. The maximum Gasteiger partial charge on any atom is 0.418 e. The minimum atomic E-state index is -4.76. The average Bonchev–Trinajstić information content (AvgIpc) is 3.11. The lowest BCUT2D eigenvalue weighted by atomic mass is 10.0. The standard InChI is InChI=1S/C12H20N6O6S/c13-4-6-14-5-3-10-15-16-11(23-10)9-2-1-8-7-17(9)12(19)18(8)24-25(20,21)22/h8-9,14H,1-7,13H2,(H,20,21,22). The number of aromatic nitrogens is 2. The number of carbonyl (C=O) groups is 1. The fourth-order valence-corrected chi connectivity index (χ4v) is 3.40. The maximum atomic E-state index is 12.3. The highest BCUT2D eigenvalue weighted by Crippen LogP contribution is 2.38. The molecule has 2 fully saturated rings. The second-order valence-corrected chi connectivity index (χ2v) is 6.84. The van der Waals surface area contributed by atoms with Gasteiger partial charge in [-0.05, 0) is 12.8 Å². The summed E-state index contributed by atoms with van der Waals surface area (Å²) < 4.78 is 40.6. The highest BCUT2D eigenvalue weighted by Gasteiger charge is 2.49. The summed E-state index contributed by atoms with van der Waals surface area (Å²) in [6.45, 7) is 2.13. The summed E-state index contributed by atoms with van der Waals surface area (Å²) in [5.41, 5.74) is 5.39. The number of urea groups is 1. The molecular formula is C12H20N6O6S. The van der Waals surface area contributed by atoms with E-state index < -0.39 is 28.5 Å². The Balaban J connectivity index is 1.65. The van der Waals surface area contributed by atoms with Gasteiger partial charge in [0.1, 0.15) is 6.04 Å². The van der Waals surface area contributed by atoms with E-state index in [4.69, 9.17) is 14.7 Å². The Morgan fingerprint density at radius 3 is 2.88 bits per heavy atom. The van der Waals surface area contributed by atoms with Crippen LogP contribution in [-0.2, 0) is 21.1 Å². The number of hydroxylamine groups is 2. The van der Waals surface area contributed by atoms with E-state index in [0.717, 1.165) is 0 Å². The van der Waals surface area contributed by atoms with Crippen LogP contribution in [0.4, 0.5) is 4.79 Å². The molecule has 0 radical (unpaired) electrons. The number of rotatable bonds is 8. The molecule has 0 aliphatic carbocycles. The molecule has 140 valence electrons. The van der Waals surface area contributed by atoms with E-state index in [1.807, 2.05) is 0 Å². The lowest BCUT2D eigenvalue weighted by Gasteiger charge is -2.27. The lowest BCUT2D eigenvalue weighted by molar-refractivity contribution is -0.0317. The molecular weight excluding hydrogens is 356 g/mol. The largest absolute Gasteiger partial charge is 0.423 e. The molecule has 4 N–H and O–H groups in total. The van der Waals surface area contributed by atoms with Crippen molar-refractivity contribution in [3.8, 4) is 0 Å². The first-order chi connectivity index (χ1) is 11.9. The minimum absolute atomic E-state index is 0.259. The Morgan fingerprint density at radius 2 is 2.16 bits per heavy atom. The molecule has 25 heavy (non-hydrogen) atoms. The van der Waals surface area contributed by atoms with Crippen LogP contribution in [0.5, 0.6) is 0 Å². The second-order valence-electron chi connectivity index (χ2n) is 5.83. The number of amides is 2. The highest BCUT2D eigenvalue weighted by molar-refractivity contribution is 7.80. The number of hydrogen-bond donors (Lipinski definition) is 3. The van der Waals surface area contributed by atoms with Crippen LogP contribution in [0.25, 0.3) is 0 Å². The number of carbonyl (C=O) groups excluding carboxylic acids is 1. The first kappa shape index (κ1) is 18.0. The van der Waals surface area contributed by atoms with Crippen LogP contribution in [0.15, 0.2) is 4.42 Å². The van der Waals surface area contributed by atoms with Crippen molar-refractivity contribution < 1.29 is 26.5 Å². The quantitative estimate of drug-likeness (QED) is 0.372. The van der Waals surface area contributed by atoms with Crippen molar-refractivity contribution in [3.05, 3.63) is 11.8 Å². The number of nitrogens with zero attached hydrogens (tertiary/aromatic N) is 4. The van der Waals surface area contributed by atoms with Gasteiger partial charge in [0.15, 0.2) is 0 Å². The lowest BCUT2D eigenvalue weighted by Crippen LogP contribution is -2.35. The molecule has 2 aliphatic rings. The Kier molecular flexibility index (Phi) is 5.19. The van der Waals surface area contributed by atoms with Crippen LogP contribution in [0, 0.1) is 0 Å². The van der Waals surface area contributed by atoms with Gasteiger partial charge in [0.25, 0.3) is 0 Å². The molecule has 0 saturated carbocycles. The van der Waals surface area contributed by atoms with Gasteiger partial charge < -0.3 is 20.4 Å². The fourth-order valence-electron chi connectivity index (χ4n) is 3.01. The van der Waals surface area contributed by atoms with Gasteiger partial charge in [-0.25, -0.2) is 4.79 Å². The van der Waals surface area contributed by atoms with Crippen LogP contribution in [0.2, 0.25) is 0 Å². The second kappa shape index (κ2) is 7.21. The predicted molar refractivity (Wildman–Crippen MR) is 82.3 cm³/mol. The molecule has 2 bridgehead atoms. The summed E-state index contributed by atoms with van der Waals surface area (Å²) >= 11 is 0. The number of nitrogens with two attached hydrogens (primary N) is 1. The average molecular weight is 376 g/mol. The number of piperidine rings is 1. The van der Waals surface area contributed by atoms with Crippen LogP contribution < -0.4 is 11.1 Å². The molecule has 1 aromatic rings. The van der Waals surface area contributed by atoms with E-state index in [0.29, 0.717) is 55.7 Å². The zero-order valence-corrected chi connectivity index (χ0v) is 14.2. The molecule has 3 heterocycles. The molecule has 0 aromatic carbocycles. The van der Waals surface area contributed by atoms with Gasteiger partial charge >= 0.3 is 16.4 Å². The van der Waals surface area contributed by atoms with Crippen molar-refractivity contribution in [2.75, 3.05) is 26.2 Å². The summed E-state index contributed by atoms with van der Waals surface area (Å²) in [5.74, 6) is 0.744. The summed E-state index contributed by atoms with van der Waals surface area (Å²) in [7, 11) is -4.76. The maximum absolute atomic E-state index is 12.3. The van der Waals surface area contributed by atoms with Crippen LogP contribution in [-0.4, -0.2) is 71.4 Å². The van der Waals surface area contributed by atoms with E-state index in [1.165, 1.54) is 4.90 Å². The van der Waals surface area contributed by atoms with Crippen molar-refractivity contribution in [2.24, 2.45) is 5.73 Å². The van der Waals surface area contributed by atoms with Crippen molar-refractivity contribution in [1.29, 1.82) is 0 Å². The Hall–Kier alpha value is -1.80. The Labute approximate surface area is 144 Å². The smallest absolute Gasteiger partial charge is 0.418 e. The number of hydrogen-bond acceptors (Lipinski definition) is 9. The fraction of sp³-hybridized carbons (Fsp3) is 0.750. The Morgan fingerprint density at radius 1 is 1.36 bits per heavy atom. The number of nitrogens with one attached hydrogen (secondary N) is 1.